The Morgan fingerprint density at radius 3 is 1.79 bits per heavy atom. The standard InChI is InChI=1S/C19H34O15/c1-5-15(16(29-2)14(27)17(28)31-5)34-19-13(26)11(24)9(22)7(33-19)4-30-18-12(25)10(23)8(21)6(3-20)32-18/h5-28H,3-4H2,1-2H3/t5-,6+,7+,8+,9+,10-,11-,12+,13+,14+,15+,16-,17?,18+,19-/m0/s1. The van der Waals surface area contributed by atoms with Gasteiger partial charge in [-0.1, -0.05) is 0 Å². The van der Waals surface area contributed by atoms with Crippen LogP contribution in [0.3, 0.4) is 0 Å². The summed E-state index contributed by atoms with van der Waals surface area (Å²) in [7, 11) is 1.27. The average molecular weight is 502 g/mol. The molecule has 0 aromatic rings. The molecular formula is C19H34O15. The minimum atomic E-state index is -1.75. The van der Waals surface area contributed by atoms with Crippen molar-refractivity contribution in [1.29, 1.82) is 0 Å². The molecule has 15 nitrogen and oxygen atoms in total. The van der Waals surface area contributed by atoms with Crippen LogP contribution in [0.25, 0.3) is 0 Å². The molecule has 15 heteroatoms. The van der Waals surface area contributed by atoms with E-state index in [1.54, 1.807) is 0 Å². The minimum Gasteiger partial charge on any atom is -0.394 e. The molecule has 9 N–H and O–H groups in total. The van der Waals surface area contributed by atoms with Crippen LogP contribution in [0.1, 0.15) is 6.92 Å². The lowest BCUT2D eigenvalue weighted by molar-refractivity contribution is -0.360. The number of aliphatic hydroxyl groups is 9. The predicted octanol–water partition coefficient (Wildman–Crippen LogP) is -5.89. The second kappa shape index (κ2) is 11.6. The lowest BCUT2D eigenvalue weighted by Crippen LogP contribution is -2.64. The number of hydrogen-bond donors (Lipinski definition) is 9. The van der Waals surface area contributed by atoms with Gasteiger partial charge >= 0.3 is 0 Å². The Morgan fingerprint density at radius 2 is 1.21 bits per heavy atom. The summed E-state index contributed by atoms with van der Waals surface area (Å²) < 4.78 is 32.2. The summed E-state index contributed by atoms with van der Waals surface area (Å²) >= 11 is 0. The SMILES string of the molecule is CO[C@@H]1[C@H](O[C@@H]2O[C@H](CO[C@@H]3O[C@H](CO)[C@@H](O)[C@H](O)[C@H]3O)[C@@H](O)[C@H](O)[C@H]2O)[C@H](C)OC(O)[C@@H]1O. The van der Waals surface area contributed by atoms with E-state index in [1.165, 1.54) is 14.0 Å². The molecule has 3 aliphatic rings. The summed E-state index contributed by atoms with van der Waals surface area (Å²) in [5.41, 5.74) is 0. The number of hydrogen-bond acceptors (Lipinski definition) is 15. The summed E-state index contributed by atoms with van der Waals surface area (Å²) in [6.45, 7) is 0.322. The second-order valence-electron chi connectivity index (χ2n) is 8.57. The van der Waals surface area contributed by atoms with E-state index in [-0.39, 0.29) is 0 Å². The zero-order chi connectivity index (χ0) is 25.3. The largest absolute Gasteiger partial charge is 0.394 e. The first-order valence-electron chi connectivity index (χ1n) is 10.8. The van der Waals surface area contributed by atoms with Gasteiger partial charge in [-0.3, -0.25) is 0 Å². The van der Waals surface area contributed by atoms with Gasteiger partial charge in [0.2, 0.25) is 0 Å². The van der Waals surface area contributed by atoms with Gasteiger partial charge in [0.05, 0.1) is 19.3 Å². The van der Waals surface area contributed by atoms with Crippen molar-refractivity contribution in [2.24, 2.45) is 0 Å². The lowest BCUT2D eigenvalue weighted by atomic mass is 9.97. The van der Waals surface area contributed by atoms with Crippen molar-refractivity contribution in [2.75, 3.05) is 20.3 Å². The fraction of sp³-hybridized carbons (Fsp3) is 1.00. The summed E-state index contributed by atoms with van der Waals surface area (Å²) in [6.07, 6.45) is -21.7. The Bertz CT molecular complexity index is 639. The van der Waals surface area contributed by atoms with Gasteiger partial charge in [0, 0.05) is 7.11 Å². The highest BCUT2D eigenvalue weighted by molar-refractivity contribution is 4.94. The maximum absolute atomic E-state index is 10.4. The fourth-order valence-corrected chi connectivity index (χ4v) is 4.18. The molecular weight excluding hydrogens is 468 g/mol. The Hall–Kier alpha value is -0.600. The predicted molar refractivity (Wildman–Crippen MR) is 105 cm³/mol. The van der Waals surface area contributed by atoms with Gasteiger partial charge in [0.15, 0.2) is 18.9 Å². The van der Waals surface area contributed by atoms with Crippen LogP contribution in [0.5, 0.6) is 0 Å². The molecule has 3 aliphatic heterocycles. The minimum absolute atomic E-state index is 0.529. The van der Waals surface area contributed by atoms with Crippen LogP contribution in [0, 0.1) is 0 Å². The molecule has 1 unspecified atom stereocenters. The van der Waals surface area contributed by atoms with Gasteiger partial charge in [-0.25, -0.2) is 0 Å². The van der Waals surface area contributed by atoms with Gasteiger partial charge in [-0.15, -0.1) is 0 Å². The second-order valence-corrected chi connectivity index (χ2v) is 8.57. The normalized spacial score (nSPS) is 52.5. The molecule has 3 fully saturated rings. The van der Waals surface area contributed by atoms with E-state index in [1.807, 2.05) is 0 Å². The highest BCUT2D eigenvalue weighted by Gasteiger charge is 2.51. The van der Waals surface area contributed by atoms with Crippen molar-refractivity contribution in [2.45, 2.75) is 99.0 Å². The average Bonchev–Trinajstić information content (AvgIpc) is 2.81. The molecule has 3 heterocycles. The van der Waals surface area contributed by atoms with E-state index >= 15 is 0 Å². The van der Waals surface area contributed by atoms with Gasteiger partial charge in [0.25, 0.3) is 0 Å². The molecule has 0 amide bonds. The molecule has 34 heavy (non-hydrogen) atoms. The third-order valence-electron chi connectivity index (χ3n) is 6.27. The van der Waals surface area contributed by atoms with Crippen LogP contribution in [-0.2, 0) is 28.4 Å². The quantitative estimate of drug-likeness (QED) is 0.157. The Morgan fingerprint density at radius 1 is 0.647 bits per heavy atom. The van der Waals surface area contributed by atoms with Crippen molar-refractivity contribution >= 4 is 0 Å². The Kier molecular flexibility index (Phi) is 9.57. The summed E-state index contributed by atoms with van der Waals surface area (Å²) in [5, 5.41) is 89.9. The Labute approximate surface area is 194 Å². The van der Waals surface area contributed by atoms with Crippen LogP contribution in [-0.4, -0.2) is 158 Å². The fourth-order valence-electron chi connectivity index (χ4n) is 4.18. The van der Waals surface area contributed by atoms with E-state index in [2.05, 4.69) is 0 Å². The lowest BCUT2D eigenvalue weighted by Gasteiger charge is -2.46. The molecule has 200 valence electrons. The van der Waals surface area contributed by atoms with Crippen molar-refractivity contribution in [3.8, 4) is 0 Å². The van der Waals surface area contributed by atoms with Crippen molar-refractivity contribution < 1.29 is 74.4 Å². The van der Waals surface area contributed by atoms with Crippen LogP contribution >= 0.6 is 0 Å². The summed E-state index contributed by atoms with van der Waals surface area (Å²) in [5.74, 6) is 0. The van der Waals surface area contributed by atoms with Crippen molar-refractivity contribution in [3.05, 3.63) is 0 Å². The first-order chi connectivity index (χ1) is 16.0. The first kappa shape index (κ1) is 28.0. The summed E-state index contributed by atoms with van der Waals surface area (Å²) in [4.78, 5) is 0. The van der Waals surface area contributed by atoms with Gasteiger partial charge in [0.1, 0.15) is 67.1 Å². The molecule has 0 bridgehead atoms. The molecule has 3 saturated heterocycles. The smallest absolute Gasteiger partial charge is 0.187 e. The van der Waals surface area contributed by atoms with Crippen LogP contribution < -0.4 is 0 Å². The third-order valence-corrected chi connectivity index (χ3v) is 6.27. The molecule has 0 spiro atoms. The van der Waals surface area contributed by atoms with Crippen LogP contribution in [0.15, 0.2) is 0 Å². The molecule has 0 saturated carbocycles. The summed E-state index contributed by atoms with van der Waals surface area (Å²) in [6, 6.07) is 0. The number of methoxy groups -OCH3 is 1. The third kappa shape index (κ3) is 5.54. The van der Waals surface area contributed by atoms with Crippen LogP contribution in [0.2, 0.25) is 0 Å². The maximum atomic E-state index is 10.4. The molecule has 3 rings (SSSR count). The van der Waals surface area contributed by atoms with Gasteiger partial charge < -0.3 is 74.4 Å². The highest BCUT2D eigenvalue weighted by Crippen LogP contribution is 2.30. The molecule has 0 aromatic heterocycles. The molecule has 15 atom stereocenters. The van der Waals surface area contributed by atoms with Crippen LogP contribution in [0.4, 0.5) is 0 Å². The maximum Gasteiger partial charge on any atom is 0.187 e. The Balaban J connectivity index is 1.66. The topological polar surface area (TPSA) is 237 Å². The van der Waals surface area contributed by atoms with Gasteiger partial charge in [-0.05, 0) is 6.92 Å². The zero-order valence-corrected chi connectivity index (χ0v) is 18.5. The molecule has 0 radical (unpaired) electrons. The number of ether oxygens (including phenoxy) is 6. The van der Waals surface area contributed by atoms with E-state index in [9.17, 15) is 46.0 Å². The monoisotopic (exact) mass is 502 g/mol. The van der Waals surface area contributed by atoms with Gasteiger partial charge in [-0.2, -0.15) is 0 Å². The molecule has 0 aromatic carbocycles. The van der Waals surface area contributed by atoms with E-state index in [4.69, 9.17) is 28.4 Å². The van der Waals surface area contributed by atoms with E-state index < -0.39 is 105 Å². The van der Waals surface area contributed by atoms with E-state index in [0.717, 1.165) is 0 Å². The van der Waals surface area contributed by atoms with Crippen molar-refractivity contribution in [1.82, 2.24) is 0 Å². The van der Waals surface area contributed by atoms with E-state index in [0.29, 0.717) is 0 Å². The number of aliphatic hydroxyl groups excluding tert-OH is 9. The van der Waals surface area contributed by atoms with Crippen molar-refractivity contribution in [3.63, 3.8) is 0 Å². The first-order valence-corrected chi connectivity index (χ1v) is 10.8. The molecule has 0 aliphatic carbocycles. The highest BCUT2D eigenvalue weighted by atomic mass is 16.7. The zero-order valence-electron chi connectivity index (χ0n) is 18.5. The number of rotatable bonds is 7.